The summed E-state index contributed by atoms with van der Waals surface area (Å²) in [5, 5.41) is 12.2. The van der Waals surface area contributed by atoms with Crippen LogP contribution in [-0.4, -0.2) is 0 Å². The molecule has 116 valence electrons. The van der Waals surface area contributed by atoms with Gasteiger partial charge in [-0.05, 0) is 17.0 Å². The second-order valence-corrected chi connectivity index (χ2v) is 6.06. The monoisotopic (exact) mass is 332 g/mol. The number of benzene rings is 3. The van der Waals surface area contributed by atoms with Crippen molar-refractivity contribution in [2.45, 2.75) is 5.92 Å². The van der Waals surface area contributed by atoms with E-state index < -0.39 is 0 Å². The highest BCUT2D eigenvalue weighted by atomic mass is 35.5. The molecule has 1 heterocycles. The molecule has 3 nitrogen and oxygen atoms in total. The van der Waals surface area contributed by atoms with Crippen LogP contribution in [0.3, 0.4) is 0 Å². The van der Waals surface area contributed by atoms with Crippen molar-refractivity contribution in [1.82, 2.24) is 0 Å². The van der Waals surface area contributed by atoms with E-state index >= 15 is 0 Å². The molecule has 24 heavy (non-hydrogen) atoms. The van der Waals surface area contributed by atoms with E-state index in [0.717, 1.165) is 21.9 Å². The van der Waals surface area contributed by atoms with E-state index in [-0.39, 0.29) is 11.8 Å². The first-order valence-electron chi connectivity index (χ1n) is 7.54. The van der Waals surface area contributed by atoms with Crippen LogP contribution in [0, 0.1) is 11.3 Å². The third kappa shape index (κ3) is 2.12. The van der Waals surface area contributed by atoms with Crippen molar-refractivity contribution >= 4 is 22.4 Å². The highest BCUT2D eigenvalue weighted by Crippen LogP contribution is 2.46. The summed E-state index contributed by atoms with van der Waals surface area (Å²) >= 11 is 6.40. The number of fused-ring (bicyclic) bond motifs is 3. The molecular formula is C20H13ClN2O. The van der Waals surface area contributed by atoms with Crippen LogP contribution in [0.4, 0.5) is 0 Å². The lowest BCUT2D eigenvalue weighted by Crippen LogP contribution is -2.21. The summed E-state index contributed by atoms with van der Waals surface area (Å²) in [7, 11) is 0. The number of hydrogen-bond acceptors (Lipinski definition) is 3. The number of nitrogens with zero attached hydrogens (tertiary/aromatic N) is 1. The Hall–Kier alpha value is -2.96. The molecule has 1 aliphatic heterocycles. The zero-order valence-corrected chi connectivity index (χ0v) is 13.4. The lowest BCUT2D eigenvalue weighted by atomic mass is 9.82. The van der Waals surface area contributed by atoms with Crippen molar-refractivity contribution in [3.63, 3.8) is 0 Å². The van der Waals surface area contributed by atoms with Gasteiger partial charge in [0.15, 0.2) is 0 Å². The maximum atomic E-state index is 9.61. The molecule has 0 fully saturated rings. The van der Waals surface area contributed by atoms with Gasteiger partial charge in [0.2, 0.25) is 5.88 Å². The Morgan fingerprint density at radius 1 is 0.958 bits per heavy atom. The first-order chi connectivity index (χ1) is 11.7. The highest BCUT2D eigenvalue weighted by molar-refractivity contribution is 6.31. The molecule has 0 amide bonds. The minimum atomic E-state index is -0.336. The van der Waals surface area contributed by atoms with Gasteiger partial charge < -0.3 is 10.5 Å². The van der Waals surface area contributed by atoms with Crippen LogP contribution in [0.2, 0.25) is 5.02 Å². The largest absolute Gasteiger partial charge is 0.440 e. The van der Waals surface area contributed by atoms with Crippen molar-refractivity contribution in [2.75, 3.05) is 0 Å². The molecule has 0 saturated heterocycles. The summed E-state index contributed by atoms with van der Waals surface area (Å²) in [5.41, 5.74) is 8.19. The summed E-state index contributed by atoms with van der Waals surface area (Å²) in [6.45, 7) is 0. The minimum absolute atomic E-state index is 0.131. The van der Waals surface area contributed by atoms with Gasteiger partial charge in [0.25, 0.3) is 0 Å². The second-order valence-electron chi connectivity index (χ2n) is 5.65. The summed E-state index contributed by atoms with van der Waals surface area (Å²) < 4.78 is 5.83. The molecule has 2 N–H and O–H groups in total. The molecule has 4 heteroatoms. The molecule has 4 rings (SSSR count). The van der Waals surface area contributed by atoms with Crippen LogP contribution >= 0.6 is 11.6 Å². The van der Waals surface area contributed by atoms with Crippen molar-refractivity contribution in [2.24, 2.45) is 5.73 Å². The van der Waals surface area contributed by atoms with Crippen LogP contribution < -0.4 is 10.5 Å². The van der Waals surface area contributed by atoms with Gasteiger partial charge in [0.1, 0.15) is 17.4 Å². The Balaban J connectivity index is 2.05. The zero-order chi connectivity index (χ0) is 16.7. The highest BCUT2D eigenvalue weighted by Gasteiger charge is 2.32. The first-order valence-corrected chi connectivity index (χ1v) is 7.92. The van der Waals surface area contributed by atoms with Gasteiger partial charge >= 0.3 is 0 Å². The van der Waals surface area contributed by atoms with E-state index in [1.54, 1.807) is 0 Å². The van der Waals surface area contributed by atoms with E-state index in [1.807, 2.05) is 60.7 Å². The average Bonchev–Trinajstić information content (AvgIpc) is 2.61. The Morgan fingerprint density at radius 3 is 2.50 bits per heavy atom. The molecule has 1 atom stereocenters. The molecule has 3 aromatic carbocycles. The van der Waals surface area contributed by atoms with E-state index in [0.29, 0.717) is 16.3 Å². The number of allylic oxidation sites excluding steroid dienone is 1. The summed E-state index contributed by atoms with van der Waals surface area (Å²) in [5.74, 6) is 0.484. The van der Waals surface area contributed by atoms with E-state index in [4.69, 9.17) is 22.1 Å². The van der Waals surface area contributed by atoms with Gasteiger partial charge in [-0.25, -0.2) is 0 Å². The fourth-order valence-electron chi connectivity index (χ4n) is 3.22. The molecule has 0 aromatic heterocycles. The van der Waals surface area contributed by atoms with Gasteiger partial charge in [-0.3, -0.25) is 0 Å². The Labute approximate surface area is 144 Å². The molecular weight excluding hydrogens is 320 g/mol. The van der Waals surface area contributed by atoms with Crippen LogP contribution in [-0.2, 0) is 0 Å². The number of hydrogen-bond donors (Lipinski definition) is 1. The zero-order valence-electron chi connectivity index (χ0n) is 12.7. The first kappa shape index (κ1) is 14.6. The lowest BCUT2D eigenvalue weighted by molar-refractivity contribution is 0.398. The number of nitrogens with two attached hydrogens (primary N) is 1. The second kappa shape index (κ2) is 5.59. The third-order valence-electron chi connectivity index (χ3n) is 4.32. The van der Waals surface area contributed by atoms with Crippen LogP contribution in [0.5, 0.6) is 5.75 Å². The lowest BCUT2D eigenvalue weighted by Gasteiger charge is -2.28. The van der Waals surface area contributed by atoms with Crippen molar-refractivity contribution < 1.29 is 4.74 Å². The standard InChI is InChI=1S/C20H13ClN2O/c21-17-8-4-3-7-14(17)18-15-10-9-12-5-1-2-6-13(12)19(15)24-20(23)16(18)11-22/h1-10,18H,23H2/t18-/m1/s1. The fourth-order valence-corrected chi connectivity index (χ4v) is 3.46. The smallest absolute Gasteiger partial charge is 0.205 e. The summed E-state index contributed by atoms with van der Waals surface area (Å²) in [6, 6.07) is 21.6. The van der Waals surface area contributed by atoms with Crippen molar-refractivity contribution in [3.8, 4) is 11.8 Å². The van der Waals surface area contributed by atoms with E-state index in [1.165, 1.54) is 0 Å². The molecule has 0 bridgehead atoms. The van der Waals surface area contributed by atoms with Gasteiger partial charge in [0.05, 0.1) is 5.92 Å². The fraction of sp³-hybridized carbons (Fsp3) is 0.0500. The maximum Gasteiger partial charge on any atom is 0.205 e. The molecule has 0 radical (unpaired) electrons. The Morgan fingerprint density at radius 2 is 1.71 bits per heavy atom. The van der Waals surface area contributed by atoms with Crippen LogP contribution in [0.25, 0.3) is 10.8 Å². The number of halogens is 1. The number of ether oxygens (including phenoxy) is 1. The van der Waals surface area contributed by atoms with Crippen molar-refractivity contribution in [1.29, 1.82) is 5.26 Å². The van der Waals surface area contributed by atoms with Crippen LogP contribution in [0.15, 0.2) is 72.1 Å². The van der Waals surface area contributed by atoms with E-state index in [2.05, 4.69) is 6.07 Å². The van der Waals surface area contributed by atoms with Gasteiger partial charge in [-0.1, -0.05) is 66.2 Å². The topological polar surface area (TPSA) is 59.0 Å². The summed E-state index contributed by atoms with van der Waals surface area (Å²) in [6.07, 6.45) is 0. The third-order valence-corrected chi connectivity index (χ3v) is 4.67. The normalized spacial score (nSPS) is 16.4. The SMILES string of the molecule is N#CC1=C(N)Oc2c(ccc3ccccc23)[C@H]1c1ccccc1Cl. The summed E-state index contributed by atoms with van der Waals surface area (Å²) in [4.78, 5) is 0. The predicted octanol–water partition coefficient (Wildman–Crippen LogP) is 4.71. The predicted molar refractivity (Wildman–Crippen MR) is 94.7 cm³/mol. The minimum Gasteiger partial charge on any atom is -0.440 e. The molecule has 0 saturated carbocycles. The number of rotatable bonds is 1. The van der Waals surface area contributed by atoms with E-state index in [9.17, 15) is 5.26 Å². The van der Waals surface area contributed by atoms with Crippen molar-refractivity contribution in [3.05, 3.63) is 88.3 Å². The maximum absolute atomic E-state index is 9.61. The van der Waals surface area contributed by atoms with Gasteiger partial charge in [-0.15, -0.1) is 0 Å². The Kier molecular flexibility index (Phi) is 3.41. The molecule has 0 unspecified atom stereocenters. The van der Waals surface area contributed by atoms with Crippen LogP contribution in [0.1, 0.15) is 17.0 Å². The number of nitriles is 1. The average molecular weight is 333 g/mol. The Bertz CT molecular complexity index is 1030. The molecule has 0 spiro atoms. The molecule has 0 aliphatic carbocycles. The van der Waals surface area contributed by atoms with Gasteiger partial charge in [0, 0.05) is 16.0 Å². The molecule has 1 aliphatic rings. The quantitative estimate of drug-likeness (QED) is 0.702. The van der Waals surface area contributed by atoms with Gasteiger partial charge in [-0.2, -0.15) is 5.26 Å². The molecule has 3 aromatic rings.